The molecule has 0 saturated carbocycles. The quantitative estimate of drug-likeness (QED) is 0.322. The van der Waals surface area contributed by atoms with Crippen LogP contribution in [0, 0.1) is 12.8 Å². The highest BCUT2D eigenvalue weighted by molar-refractivity contribution is 5.98. The molecule has 0 aromatic heterocycles. The van der Waals surface area contributed by atoms with Gasteiger partial charge in [0.2, 0.25) is 29.5 Å². The van der Waals surface area contributed by atoms with E-state index in [1.54, 1.807) is 31.2 Å². The molecular formula is C40H51N7O8. The Hall–Kier alpha value is -5.47. The van der Waals surface area contributed by atoms with Gasteiger partial charge in [0.15, 0.2) is 0 Å². The standard InChI is InChI=1S/C40H51N7O8/c1-24-14-16-28(17-15-24)42-40(54)44-29(21-27-10-5-4-6-11-27)34(48)43-30-23-55-39(53)33-20-25(2)22-47(33)36(50)26(3)41-35(49)31-12-7-8-18-45(31)38(52)32-13-9-19-46(32)37(30)51/h4-6,10-11,14-17,25-26,29-33H,7-9,12-13,18-23H2,1-3H3,(H,41,49)(H,43,48)(H2,42,44,54)/t25-,26-,29-,30-,31-,32-,33-/m0/s1. The van der Waals surface area contributed by atoms with E-state index in [2.05, 4.69) is 21.3 Å². The fourth-order valence-corrected chi connectivity index (χ4v) is 8.01. The van der Waals surface area contributed by atoms with Gasteiger partial charge in [0, 0.05) is 31.7 Å². The molecule has 0 radical (unpaired) electrons. The van der Waals surface area contributed by atoms with E-state index >= 15 is 0 Å². The van der Waals surface area contributed by atoms with E-state index in [9.17, 15) is 33.6 Å². The number of anilines is 1. The summed E-state index contributed by atoms with van der Waals surface area (Å²) in [5.41, 5.74) is 2.27. The number of amides is 7. The van der Waals surface area contributed by atoms with Crippen LogP contribution in [0.15, 0.2) is 54.6 Å². The van der Waals surface area contributed by atoms with Crippen molar-refractivity contribution in [2.24, 2.45) is 5.92 Å². The van der Waals surface area contributed by atoms with Gasteiger partial charge < -0.3 is 40.7 Å². The maximum atomic E-state index is 14.5. The largest absolute Gasteiger partial charge is 0.461 e. The van der Waals surface area contributed by atoms with Gasteiger partial charge in [-0.2, -0.15) is 0 Å². The van der Waals surface area contributed by atoms with Crippen molar-refractivity contribution in [2.45, 2.75) is 102 Å². The Labute approximate surface area is 320 Å². The van der Waals surface area contributed by atoms with Crippen LogP contribution in [0.5, 0.6) is 0 Å². The molecule has 15 heteroatoms. The van der Waals surface area contributed by atoms with Crippen molar-refractivity contribution in [2.75, 3.05) is 31.6 Å². The highest BCUT2D eigenvalue weighted by atomic mass is 16.5. The molecule has 15 nitrogen and oxygen atoms in total. The number of hydrogen-bond acceptors (Lipinski definition) is 8. The van der Waals surface area contributed by atoms with E-state index in [0.29, 0.717) is 50.8 Å². The highest BCUT2D eigenvalue weighted by Gasteiger charge is 2.46. The van der Waals surface area contributed by atoms with Gasteiger partial charge in [-0.15, -0.1) is 0 Å². The Kier molecular flexibility index (Phi) is 12.4. The second kappa shape index (κ2) is 17.3. The van der Waals surface area contributed by atoms with Crippen molar-refractivity contribution < 1.29 is 38.3 Å². The predicted octanol–water partition coefficient (Wildman–Crippen LogP) is 1.88. The SMILES string of the molecule is Cc1ccc(NC(=O)N[C@@H](Cc2ccccc2)C(=O)N[C@H]2COC(=O)[C@@H]3C[C@H](C)CN3C(=O)[C@H](C)NC(=O)[C@@H]3CCCCN3C(=O)[C@@H]3CCCN3C2=O)cc1. The molecule has 7 amide bonds. The summed E-state index contributed by atoms with van der Waals surface area (Å²) < 4.78 is 5.75. The van der Waals surface area contributed by atoms with Crippen LogP contribution in [-0.2, 0) is 39.9 Å². The number of carbonyl (C=O) groups excluding carboxylic acids is 7. The first-order valence-corrected chi connectivity index (χ1v) is 19.3. The average Bonchev–Trinajstić information content (AvgIpc) is 3.83. The summed E-state index contributed by atoms with van der Waals surface area (Å²) in [7, 11) is 0. The van der Waals surface area contributed by atoms with Crippen molar-refractivity contribution in [3.63, 3.8) is 0 Å². The number of hydrogen-bond donors (Lipinski definition) is 4. The molecule has 4 N–H and O–H groups in total. The molecule has 294 valence electrons. The van der Waals surface area contributed by atoms with E-state index in [1.807, 2.05) is 44.2 Å². The third-order valence-electron chi connectivity index (χ3n) is 10.9. The number of esters is 1. The summed E-state index contributed by atoms with van der Waals surface area (Å²) in [4.78, 5) is 101. The van der Waals surface area contributed by atoms with Crippen LogP contribution >= 0.6 is 0 Å². The number of carbonyl (C=O) groups is 7. The second-order valence-electron chi connectivity index (χ2n) is 15.2. The van der Waals surface area contributed by atoms with Crippen LogP contribution < -0.4 is 21.3 Å². The number of cyclic esters (lactones) is 1. The number of nitrogens with one attached hydrogen (secondary N) is 4. The minimum absolute atomic E-state index is 0.0451. The number of urea groups is 1. The molecule has 2 aromatic carbocycles. The van der Waals surface area contributed by atoms with Gasteiger partial charge in [-0.25, -0.2) is 9.59 Å². The number of aryl methyl sites for hydroxylation is 1. The Balaban J connectivity index is 1.29. The van der Waals surface area contributed by atoms with Gasteiger partial charge in [-0.1, -0.05) is 55.0 Å². The molecule has 0 unspecified atom stereocenters. The number of rotatable bonds is 6. The van der Waals surface area contributed by atoms with Crippen LogP contribution in [0.25, 0.3) is 0 Å². The number of benzene rings is 2. The van der Waals surface area contributed by atoms with Crippen molar-refractivity contribution >= 4 is 47.2 Å². The van der Waals surface area contributed by atoms with Crippen LogP contribution in [0.3, 0.4) is 0 Å². The molecule has 0 aliphatic carbocycles. The number of ether oxygens (including phenoxy) is 1. The number of piperidine rings is 1. The average molecular weight is 758 g/mol. The molecule has 0 bridgehead atoms. The lowest BCUT2D eigenvalue weighted by Crippen LogP contribution is -2.62. The molecule has 4 saturated heterocycles. The third-order valence-corrected chi connectivity index (χ3v) is 10.9. The zero-order valence-electron chi connectivity index (χ0n) is 31.6. The van der Waals surface area contributed by atoms with Crippen LogP contribution in [0.1, 0.15) is 63.5 Å². The molecule has 6 rings (SSSR count). The van der Waals surface area contributed by atoms with Crippen molar-refractivity contribution in [3.8, 4) is 0 Å². The number of nitrogens with zero attached hydrogens (tertiary/aromatic N) is 3. The third kappa shape index (κ3) is 9.26. The zero-order chi connectivity index (χ0) is 39.2. The molecular weight excluding hydrogens is 706 g/mol. The smallest absolute Gasteiger partial charge is 0.328 e. The maximum absolute atomic E-state index is 14.5. The Morgan fingerprint density at radius 3 is 2.25 bits per heavy atom. The fourth-order valence-electron chi connectivity index (χ4n) is 8.01. The maximum Gasteiger partial charge on any atom is 0.328 e. The highest BCUT2D eigenvalue weighted by Crippen LogP contribution is 2.28. The minimum atomic E-state index is -1.43. The summed E-state index contributed by atoms with van der Waals surface area (Å²) in [6, 6.07) is 9.31. The monoisotopic (exact) mass is 757 g/mol. The van der Waals surface area contributed by atoms with Crippen molar-refractivity contribution in [3.05, 3.63) is 65.7 Å². The van der Waals surface area contributed by atoms with Crippen molar-refractivity contribution in [1.29, 1.82) is 0 Å². The van der Waals surface area contributed by atoms with Gasteiger partial charge in [-0.3, -0.25) is 24.0 Å². The predicted molar refractivity (Wildman–Crippen MR) is 201 cm³/mol. The Morgan fingerprint density at radius 1 is 0.818 bits per heavy atom. The van der Waals surface area contributed by atoms with E-state index in [0.717, 1.165) is 11.1 Å². The lowest BCUT2D eigenvalue weighted by molar-refractivity contribution is -0.158. The van der Waals surface area contributed by atoms with E-state index < -0.39 is 78.5 Å². The lowest BCUT2D eigenvalue weighted by Gasteiger charge is -2.39. The topological polar surface area (TPSA) is 187 Å². The first-order valence-electron chi connectivity index (χ1n) is 19.3. The summed E-state index contributed by atoms with van der Waals surface area (Å²) >= 11 is 0. The van der Waals surface area contributed by atoms with E-state index in [4.69, 9.17) is 4.74 Å². The molecule has 4 heterocycles. The second-order valence-corrected chi connectivity index (χ2v) is 15.2. The molecule has 4 aliphatic heterocycles. The van der Waals surface area contributed by atoms with Gasteiger partial charge in [-0.05, 0) is 76.0 Å². The summed E-state index contributed by atoms with van der Waals surface area (Å²) in [5, 5.41) is 11.0. The van der Waals surface area contributed by atoms with Gasteiger partial charge >= 0.3 is 12.0 Å². The minimum Gasteiger partial charge on any atom is -0.461 e. The molecule has 4 fully saturated rings. The molecule has 55 heavy (non-hydrogen) atoms. The normalized spacial score (nSPS) is 27.0. The summed E-state index contributed by atoms with van der Waals surface area (Å²) in [5.74, 6) is -3.44. The molecule has 7 atom stereocenters. The van der Waals surface area contributed by atoms with Crippen LogP contribution in [0.4, 0.5) is 10.5 Å². The first-order chi connectivity index (χ1) is 26.4. The molecule has 4 aliphatic rings. The van der Waals surface area contributed by atoms with Crippen LogP contribution in [0.2, 0.25) is 0 Å². The molecule has 0 spiro atoms. The first kappa shape index (κ1) is 39.2. The number of fused-ring (bicyclic) bond motifs is 3. The van der Waals surface area contributed by atoms with E-state index in [1.165, 1.54) is 14.7 Å². The van der Waals surface area contributed by atoms with Crippen molar-refractivity contribution in [1.82, 2.24) is 30.7 Å². The van der Waals surface area contributed by atoms with Gasteiger partial charge in [0.1, 0.15) is 42.9 Å². The molecule has 2 aromatic rings. The van der Waals surface area contributed by atoms with Gasteiger partial charge in [0.25, 0.3) is 0 Å². The Morgan fingerprint density at radius 2 is 1.51 bits per heavy atom. The lowest BCUT2D eigenvalue weighted by atomic mass is 9.99. The van der Waals surface area contributed by atoms with Gasteiger partial charge in [0.05, 0.1) is 0 Å². The van der Waals surface area contributed by atoms with Crippen LogP contribution in [-0.4, -0.2) is 119 Å². The zero-order valence-corrected chi connectivity index (χ0v) is 31.6. The summed E-state index contributed by atoms with van der Waals surface area (Å²) in [6.45, 7) is 5.61. The fraction of sp³-hybridized carbons (Fsp3) is 0.525. The van der Waals surface area contributed by atoms with E-state index in [-0.39, 0.29) is 31.3 Å². The summed E-state index contributed by atoms with van der Waals surface area (Å²) in [6.07, 6.45) is 3.04. The Bertz CT molecular complexity index is 1770.